The average Bonchev–Trinajstić information content (AvgIpc) is 1.93. The van der Waals surface area contributed by atoms with Gasteiger partial charge in [-0.2, -0.15) is 0 Å². The molecule has 0 bridgehead atoms. The maximum absolute atomic E-state index is 10.8. The van der Waals surface area contributed by atoms with E-state index < -0.39 is 0 Å². The molecular formula is C7H13NO2. The Morgan fingerprint density at radius 1 is 1.50 bits per heavy atom. The summed E-state index contributed by atoms with van der Waals surface area (Å²) < 4.78 is 5.40. The molecule has 10 heavy (non-hydrogen) atoms. The van der Waals surface area contributed by atoms with Gasteiger partial charge in [-0.25, -0.2) is 0 Å². The molecule has 1 N–H and O–H groups in total. The Labute approximate surface area is 60.7 Å². The third kappa shape index (κ3) is 1.99. The van der Waals surface area contributed by atoms with Gasteiger partial charge in [0.15, 0.2) is 0 Å². The summed E-state index contributed by atoms with van der Waals surface area (Å²) in [5.74, 6) is 0.0943. The summed E-state index contributed by atoms with van der Waals surface area (Å²) in [6, 6.07) is 0. The number of ether oxygens (including phenoxy) is 1. The lowest BCUT2D eigenvalue weighted by Gasteiger charge is -2.11. The molecule has 1 heterocycles. The Bertz CT molecular complexity index is 136. The molecule has 1 rings (SSSR count). The van der Waals surface area contributed by atoms with Crippen molar-refractivity contribution in [3.8, 4) is 0 Å². The molecule has 0 aromatic carbocycles. The number of carbonyl (C=O) groups excluding carboxylic acids is 1. The molecule has 1 aliphatic rings. The predicted molar refractivity (Wildman–Crippen MR) is 37.6 cm³/mol. The number of carbonyl (C=O) groups is 1. The topological polar surface area (TPSA) is 38.3 Å². The first-order chi connectivity index (χ1) is 4.68. The highest BCUT2D eigenvalue weighted by atomic mass is 16.5. The highest BCUT2D eigenvalue weighted by Crippen LogP contribution is 2.05. The van der Waals surface area contributed by atoms with E-state index in [4.69, 9.17) is 4.74 Å². The van der Waals surface area contributed by atoms with E-state index in [2.05, 4.69) is 5.32 Å². The zero-order chi connectivity index (χ0) is 7.56. The molecule has 1 fully saturated rings. The fourth-order valence-electron chi connectivity index (χ4n) is 1.08. The van der Waals surface area contributed by atoms with Crippen LogP contribution in [0.5, 0.6) is 0 Å². The van der Waals surface area contributed by atoms with Gasteiger partial charge in [0, 0.05) is 6.54 Å². The van der Waals surface area contributed by atoms with Crippen LogP contribution in [0.2, 0.25) is 0 Å². The molecule has 3 nitrogen and oxygen atoms in total. The van der Waals surface area contributed by atoms with Gasteiger partial charge in [0.25, 0.3) is 0 Å². The van der Waals surface area contributed by atoms with Crippen molar-refractivity contribution in [3.63, 3.8) is 0 Å². The number of hydrogen-bond donors (Lipinski definition) is 1. The molecule has 0 aliphatic carbocycles. The van der Waals surface area contributed by atoms with Crippen molar-refractivity contribution in [1.29, 1.82) is 0 Å². The first-order valence-corrected chi connectivity index (χ1v) is 3.60. The zero-order valence-corrected chi connectivity index (χ0v) is 6.39. The molecular weight excluding hydrogens is 130 g/mol. The Morgan fingerprint density at radius 2 is 2.20 bits per heavy atom. The number of nitrogens with one attached hydrogen (secondary N) is 1. The van der Waals surface area contributed by atoms with Crippen molar-refractivity contribution in [2.75, 3.05) is 6.54 Å². The molecule has 2 atom stereocenters. The lowest BCUT2D eigenvalue weighted by Crippen LogP contribution is -2.27. The maximum Gasteiger partial charge on any atom is 0.222 e. The van der Waals surface area contributed by atoms with Gasteiger partial charge in [0.1, 0.15) is 0 Å². The average molecular weight is 143 g/mol. The van der Waals surface area contributed by atoms with E-state index in [1.165, 1.54) is 0 Å². The minimum atomic E-state index is 0.0671. The van der Waals surface area contributed by atoms with Crippen LogP contribution in [0.3, 0.4) is 0 Å². The molecule has 1 aliphatic heterocycles. The Balaban J connectivity index is 2.46. The van der Waals surface area contributed by atoms with E-state index in [0.29, 0.717) is 13.0 Å². The molecule has 1 saturated heterocycles. The summed E-state index contributed by atoms with van der Waals surface area (Å²) >= 11 is 0. The van der Waals surface area contributed by atoms with E-state index in [0.717, 1.165) is 0 Å². The van der Waals surface area contributed by atoms with E-state index >= 15 is 0 Å². The molecule has 0 spiro atoms. The Hall–Kier alpha value is -0.570. The minimum Gasteiger partial charge on any atom is -0.373 e. The van der Waals surface area contributed by atoms with Gasteiger partial charge >= 0.3 is 0 Å². The SMILES string of the molecule is C[C@H]1CNC(=O)C[C@H](C)O1. The fraction of sp³-hybridized carbons (Fsp3) is 0.857. The summed E-state index contributed by atoms with van der Waals surface area (Å²) in [6.07, 6.45) is 0.712. The molecule has 58 valence electrons. The van der Waals surface area contributed by atoms with E-state index in [1.807, 2.05) is 13.8 Å². The quantitative estimate of drug-likeness (QED) is 0.529. The van der Waals surface area contributed by atoms with Gasteiger partial charge in [-0.05, 0) is 13.8 Å². The van der Waals surface area contributed by atoms with Crippen LogP contribution in [0, 0.1) is 0 Å². The van der Waals surface area contributed by atoms with E-state index in [-0.39, 0.29) is 18.1 Å². The largest absolute Gasteiger partial charge is 0.373 e. The second-order valence-electron chi connectivity index (χ2n) is 2.77. The van der Waals surface area contributed by atoms with Crippen LogP contribution in [0.25, 0.3) is 0 Å². The Kier molecular flexibility index (Phi) is 2.27. The van der Waals surface area contributed by atoms with Crippen LogP contribution in [-0.4, -0.2) is 24.7 Å². The van der Waals surface area contributed by atoms with Crippen molar-refractivity contribution in [2.45, 2.75) is 32.5 Å². The molecule has 0 saturated carbocycles. The normalized spacial score (nSPS) is 34.8. The second-order valence-corrected chi connectivity index (χ2v) is 2.77. The number of amides is 1. The summed E-state index contributed by atoms with van der Waals surface area (Å²) in [7, 11) is 0. The number of rotatable bonds is 0. The van der Waals surface area contributed by atoms with Crippen molar-refractivity contribution in [1.82, 2.24) is 5.32 Å². The minimum absolute atomic E-state index is 0.0671. The van der Waals surface area contributed by atoms with Crippen LogP contribution in [-0.2, 0) is 9.53 Å². The fourth-order valence-corrected chi connectivity index (χ4v) is 1.08. The van der Waals surface area contributed by atoms with E-state index in [9.17, 15) is 4.79 Å². The predicted octanol–water partition coefficient (Wildman–Crippen LogP) is 0.300. The van der Waals surface area contributed by atoms with Gasteiger partial charge in [-0.3, -0.25) is 4.79 Å². The zero-order valence-electron chi connectivity index (χ0n) is 6.39. The molecule has 0 aromatic rings. The van der Waals surface area contributed by atoms with Crippen molar-refractivity contribution in [2.24, 2.45) is 0 Å². The summed E-state index contributed by atoms with van der Waals surface area (Å²) in [5.41, 5.74) is 0. The summed E-state index contributed by atoms with van der Waals surface area (Å²) in [4.78, 5) is 10.8. The summed E-state index contributed by atoms with van der Waals surface area (Å²) in [5, 5.41) is 2.76. The van der Waals surface area contributed by atoms with Crippen LogP contribution in [0.4, 0.5) is 0 Å². The lowest BCUT2D eigenvalue weighted by molar-refractivity contribution is -0.121. The summed E-state index contributed by atoms with van der Waals surface area (Å²) in [6.45, 7) is 4.52. The van der Waals surface area contributed by atoms with Crippen LogP contribution in [0.15, 0.2) is 0 Å². The Morgan fingerprint density at radius 3 is 2.90 bits per heavy atom. The number of hydrogen-bond acceptors (Lipinski definition) is 2. The molecule has 0 radical (unpaired) electrons. The maximum atomic E-state index is 10.8. The monoisotopic (exact) mass is 143 g/mol. The van der Waals surface area contributed by atoms with Crippen molar-refractivity contribution >= 4 is 5.91 Å². The lowest BCUT2D eigenvalue weighted by atomic mass is 10.3. The third-order valence-electron chi connectivity index (χ3n) is 1.52. The molecule has 3 heteroatoms. The van der Waals surface area contributed by atoms with Crippen LogP contribution < -0.4 is 5.32 Å². The molecule has 1 amide bonds. The van der Waals surface area contributed by atoms with E-state index in [1.54, 1.807) is 0 Å². The standard InChI is InChI=1S/C7H13NO2/c1-5-3-7(9)8-4-6(2)10-5/h5-6H,3-4H2,1-2H3,(H,8,9)/t5-,6-/m0/s1. The second kappa shape index (κ2) is 3.01. The highest BCUT2D eigenvalue weighted by Gasteiger charge is 2.17. The molecule has 0 aromatic heterocycles. The van der Waals surface area contributed by atoms with Crippen LogP contribution >= 0.6 is 0 Å². The van der Waals surface area contributed by atoms with Gasteiger partial charge in [-0.15, -0.1) is 0 Å². The smallest absolute Gasteiger partial charge is 0.222 e. The third-order valence-corrected chi connectivity index (χ3v) is 1.52. The van der Waals surface area contributed by atoms with Gasteiger partial charge in [0.2, 0.25) is 5.91 Å². The van der Waals surface area contributed by atoms with Gasteiger partial charge in [0.05, 0.1) is 18.6 Å². The highest BCUT2D eigenvalue weighted by molar-refractivity contribution is 5.76. The van der Waals surface area contributed by atoms with Gasteiger partial charge in [-0.1, -0.05) is 0 Å². The first-order valence-electron chi connectivity index (χ1n) is 3.60. The molecule has 0 unspecified atom stereocenters. The van der Waals surface area contributed by atoms with Crippen molar-refractivity contribution in [3.05, 3.63) is 0 Å². The van der Waals surface area contributed by atoms with Crippen LogP contribution in [0.1, 0.15) is 20.3 Å². The van der Waals surface area contributed by atoms with Crippen molar-refractivity contribution < 1.29 is 9.53 Å². The van der Waals surface area contributed by atoms with Gasteiger partial charge < -0.3 is 10.1 Å². The first kappa shape index (κ1) is 7.54.